The van der Waals surface area contributed by atoms with Gasteiger partial charge in [-0.3, -0.25) is 0 Å². The Kier molecular flexibility index (Phi) is 3.52. The summed E-state index contributed by atoms with van der Waals surface area (Å²) in [4.78, 5) is 4.70. The highest BCUT2D eigenvalue weighted by molar-refractivity contribution is 7.99. The summed E-state index contributed by atoms with van der Waals surface area (Å²) < 4.78 is 5.64. The van der Waals surface area contributed by atoms with Crippen LogP contribution in [-0.4, -0.2) is 23.4 Å². The van der Waals surface area contributed by atoms with E-state index in [1.165, 1.54) is 23.8 Å². The van der Waals surface area contributed by atoms with Crippen LogP contribution in [0.15, 0.2) is 35.4 Å². The van der Waals surface area contributed by atoms with Gasteiger partial charge in [0.05, 0.1) is 16.6 Å². The van der Waals surface area contributed by atoms with E-state index >= 15 is 0 Å². The molecule has 0 spiro atoms. The van der Waals surface area contributed by atoms with Crippen molar-refractivity contribution in [2.24, 2.45) is 0 Å². The normalized spacial score (nSPS) is 19.5. The Morgan fingerprint density at radius 3 is 3.11 bits per heavy atom. The van der Waals surface area contributed by atoms with Gasteiger partial charge in [0.15, 0.2) is 0 Å². The van der Waals surface area contributed by atoms with Gasteiger partial charge in [0, 0.05) is 17.7 Å². The summed E-state index contributed by atoms with van der Waals surface area (Å²) in [6.07, 6.45) is 2.82. The van der Waals surface area contributed by atoms with Crippen LogP contribution in [0, 0.1) is 6.92 Å². The van der Waals surface area contributed by atoms with E-state index in [4.69, 9.17) is 9.72 Å². The maximum Gasteiger partial charge on any atom is 0.0971 e. The minimum atomic E-state index is 0.420. The molecule has 0 amide bonds. The standard InChI is InChI=1S/C15H17NOS/c1-11-9-15(18-10-12-5-4-8-17-12)16-14-7-3-2-6-13(11)14/h2-3,6-7,9,12H,4-5,8,10H2,1H3. The molecule has 2 heterocycles. The molecule has 18 heavy (non-hydrogen) atoms. The summed E-state index contributed by atoms with van der Waals surface area (Å²) in [7, 11) is 0. The summed E-state index contributed by atoms with van der Waals surface area (Å²) in [5.41, 5.74) is 2.39. The zero-order valence-electron chi connectivity index (χ0n) is 10.6. The predicted molar refractivity (Wildman–Crippen MR) is 76.2 cm³/mol. The Bertz CT molecular complexity index is 549. The number of hydrogen-bond acceptors (Lipinski definition) is 3. The van der Waals surface area contributed by atoms with Crippen LogP contribution < -0.4 is 0 Å². The Morgan fingerprint density at radius 1 is 1.39 bits per heavy atom. The fraction of sp³-hybridized carbons (Fsp3) is 0.400. The Morgan fingerprint density at radius 2 is 2.28 bits per heavy atom. The summed E-state index contributed by atoms with van der Waals surface area (Å²) in [5.74, 6) is 1.02. The van der Waals surface area contributed by atoms with Crippen LogP contribution in [0.4, 0.5) is 0 Å². The number of aryl methyl sites for hydroxylation is 1. The minimum Gasteiger partial charge on any atom is -0.377 e. The number of aromatic nitrogens is 1. The van der Waals surface area contributed by atoms with Gasteiger partial charge in [-0.05, 0) is 37.5 Å². The van der Waals surface area contributed by atoms with Crippen molar-refractivity contribution in [1.29, 1.82) is 0 Å². The second-order valence-electron chi connectivity index (χ2n) is 4.74. The second-order valence-corrected chi connectivity index (χ2v) is 5.78. The molecule has 2 aromatic rings. The van der Waals surface area contributed by atoms with Crippen molar-refractivity contribution in [3.63, 3.8) is 0 Å². The molecule has 1 atom stereocenters. The lowest BCUT2D eigenvalue weighted by Gasteiger charge is -2.09. The fourth-order valence-electron chi connectivity index (χ4n) is 2.35. The fourth-order valence-corrected chi connectivity index (χ4v) is 3.39. The van der Waals surface area contributed by atoms with Gasteiger partial charge in [-0.1, -0.05) is 18.2 Å². The van der Waals surface area contributed by atoms with Crippen molar-refractivity contribution in [3.8, 4) is 0 Å². The van der Waals surface area contributed by atoms with Gasteiger partial charge in [0.1, 0.15) is 0 Å². The number of para-hydroxylation sites is 1. The lowest BCUT2D eigenvalue weighted by molar-refractivity contribution is 0.129. The van der Waals surface area contributed by atoms with E-state index in [1.807, 2.05) is 17.8 Å². The van der Waals surface area contributed by atoms with Gasteiger partial charge in [0.2, 0.25) is 0 Å². The predicted octanol–water partition coefficient (Wildman–Crippen LogP) is 3.81. The van der Waals surface area contributed by atoms with Crippen molar-refractivity contribution < 1.29 is 4.74 Å². The van der Waals surface area contributed by atoms with Crippen molar-refractivity contribution in [1.82, 2.24) is 4.98 Å². The van der Waals surface area contributed by atoms with Crippen LogP contribution in [0.1, 0.15) is 18.4 Å². The minimum absolute atomic E-state index is 0.420. The molecule has 3 heteroatoms. The average Bonchev–Trinajstić information content (AvgIpc) is 2.90. The van der Waals surface area contributed by atoms with Crippen molar-refractivity contribution in [2.45, 2.75) is 30.9 Å². The third-order valence-electron chi connectivity index (χ3n) is 3.34. The monoisotopic (exact) mass is 259 g/mol. The van der Waals surface area contributed by atoms with E-state index in [2.05, 4.69) is 31.2 Å². The molecular weight excluding hydrogens is 242 g/mol. The zero-order chi connectivity index (χ0) is 12.4. The molecule has 1 fully saturated rings. The molecule has 0 bridgehead atoms. The van der Waals surface area contributed by atoms with Crippen molar-refractivity contribution in [2.75, 3.05) is 12.4 Å². The number of ether oxygens (including phenoxy) is 1. The molecule has 2 nitrogen and oxygen atoms in total. The molecule has 1 saturated heterocycles. The summed E-state index contributed by atoms with van der Waals surface area (Å²) >= 11 is 1.81. The number of thioether (sulfide) groups is 1. The molecule has 1 aromatic heterocycles. The number of pyridine rings is 1. The highest BCUT2D eigenvalue weighted by Crippen LogP contribution is 2.26. The largest absolute Gasteiger partial charge is 0.377 e. The lowest BCUT2D eigenvalue weighted by atomic mass is 10.1. The molecule has 3 rings (SSSR count). The first-order valence-electron chi connectivity index (χ1n) is 6.44. The van der Waals surface area contributed by atoms with Crippen LogP contribution in [0.2, 0.25) is 0 Å². The first-order chi connectivity index (χ1) is 8.83. The topological polar surface area (TPSA) is 22.1 Å². The smallest absolute Gasteiger partial charge is 0.0971 e. The molecule has 94 valence electrons. The Labute approximate surface area is 112 Å². The van der Waals surface area contributed by atoms with E-state index in [0.29, 0.717) is 6.10 Å². The summed E-state index contributed by atoms with van der Waals surface area (Å²) in [6, 6.07) is 10.5. The molecule has 1 aliphatic rings. The van der Waals surface area contributed by atoms with Gasteiger partial charge >= 0.3 is 0 Å². The third-order valence-corrected chi connectivity index (χ3v) is 4.38. The Balaban J connectivity index is 1.79. The van der Waals surface area contributed by atoms with Crippen LogP contribution in [0.5, 0.6) is 0 Å². The van der Waals surface area contributed by atoms with Gasteiger partial charge in [-0.2, -0.15) is 0 Å². The van der Waals surface area contributed by atoms with Crippen LogP contribution in [0.3, 0.4) is 0 Å². The summed E-state index contributed by atoms with van der Waals surface area (Å²) in [5, 5.41) is 2.36. The van der Waals surface area contributed by atoms with Crippen LogP contribution in [-0.2, 0) is 4.74 Å². The number of rotatable bonds is 3. The van der Waals surface area contributed by atoms with Gasteiger partial charge in [0.25, 0.3) is 0 Å². The first kappa shape index (κ1) is 12.0. The first-order valence-corrected chi connectivity index (χ1v) is 7.42. The number of hydrogen-bond donors (Lipinski definition) is 0. The molecule has 0 aliphatic carbocycles. The molecule has 1 aromatic carbocycles. The molecule has 1 unspecified atom stereocenters. The third kappa shape index (κ3) is 2.52. The zero-order valence-corrected chi connectivity index (χ0v) is 11.4. The van der Waals surface area contributed by atoms with E-state index < -0.39 is 0 Å². The maximum atomic E-state index is 5.64. The molecule has 0 N–H and O–H groups in total. The number of fused-ring (bicyclic) bond motifs is 1. The number of benzene rings is 1. The quantitative estimate of drug-likeness (QED) is 0.782. The van der Waals surface area contributed by atoms with E-state index in [9.17, 15) is 0 Å². The van der Waals surface area contributed by atoms with Crippen LogP contribution in [0.25, 0.3) is 10.9 Å². The molecule has 0 saturated carbocycles. The highest BCUT2D eigenvalue weighted by Gasteiger charge is 2.16. The van der Waals surface area contributed by atoms with E-state index in [1.54, 1.807) is 0 Å². The van der Waals surface area contributed by atoms with Gasteiger partial charge in [-0.15, -0.1) is 11.8 Å². The van der Waals surface area contributed by atoms with Gasteiger partial charge in [-0.25, -0.2) is 4.98 Å². The lowest BCUT2D eigenvalue weighted by Crippen LogP contribution is -2.07. The van der Waals surface area contributed by atoms with Crippen LogP contribution >= 0.6 is 11.8 Å². The van der Waals surface area contributed by atoms with Crippen molar-refractivity contribution in [3.05, 3.63) is 35.9 Å². The molecule has 1 aliphatic heterocycles. The molecule has 0 radical (unpaired) electrons. The molecular formula is C15H17NOS. The average molecular weight is 259 g/mol. The highest BCUT2D eigenvalue weighted by atomic mass is 32.2. The van der Waals surface area contributed by atoms with Crippen molar-refractivity contribution >= 4 is 22.7 Å². The SMILES string of the molecule is Cc1cc(SCC2CCCO2)nc2ccccc12. The summed E-state index contributed by atoms with van der Waals surface area (Å²) in [6.45, 7) is 3.08. The van der Waals surface area contributed by atoms with E-state index in [0.717, 1.165) is 22.9 Å². The van der Waals surface area contributed by atoms with Gasteiger partial charge < -0.3 is 4.74 Å². The Hall–Kier alpha value is -1.06. The second kappa shape index (κ2) is 5.29. The maximum absolute atomic E-state index is 5.64. The van der Waals surface area contributed by atoms with E-state index in [-0.39, 0.29) is 0 Å². The number of nitrogens with zero attached hydrogens (tertiary/aromatic N) is 1.